The van der Waals surface area contributed by atoms with E-state index in [-0.39, 0.29) is 11.8 Å². The number of rotatable bonds is 8. The molecule has 0 aromatic heterocycles. The molecule has 6 rings (SSSR count). The van der Waals surface area contributed by atoms with Gasteiger partial charge in [0.15, 0.2) is 0 Å². The molecule has 41 heavy (non-hydrogen) atoms. The molecule has 0 unspecified atom stereocenters. The van der Waals surface area contributed by atoms with E-state index in [4.69, 9.17) is 11.6 Å². The van der Waals surface area contributed by atoms with Gasteiger partial charge in [-0.05, 0) is 85.1 Å². The highest BCUT2D eigenvalue weighted by Crippen LogP contribution is 2.38. The summed E-state index contributed by atoms with van der Waals surface area (Å²) in [5, 5.41) is 10.1. The van der Waals surface area contributed by atoms with Crippen molar-refractivity contribution in [2.24, 2.45) is 0 Å². The molecular formula is C34H31ClN4O2. The van der Waals surface area contributed by atoms with Gasteiger partial charge in [-0.2, -0.15) is 0 Å². The summed E-state index contributed by atoms with van der Waals surface area (Å²) in [7, 11) is 0. The second kappa shape index (κ2) is 12.0. The van der Waals surface area contributed by atoms with Gasteiger partial charge in [-0.1, -0.05) is 66.2 Å². The number of nitrogens with zero attached hydrogens (tertiary/aromatic N) is 1. The summed E-state index contributed by atoms with van der Waals surface area (Å²) in [6.07, 6.45) is 2.53. The van der Waals surface area contributed by atoms with Crippen LogP contribution >= 0.6 is 11.6 Å². The minimum Gasteiger partial charge on any atom is -0.354 e. The molecule has 2 aliphatic heterocycles. The number of carbonyl (C=O) groups is 2. The maximum atomic E-state index is 13.4. The predicted octanol–water partition coefficient (Wildman–Crippen LogP) is 6.80. The lowest BCUT2D eigenvalue weighted by Gasteiger charge is -2.17. The Balaban J connectivity index is 1.30. The highest BCUT2D eigenvalue weighted by Gasteiger charge is 2.29. The van der Waals surface area contributed by atoms with Crippen LogP contribution in [0.15, 0.2) is 97.1 Å². The number of amides is 2. The zero-order chi connectivity index (χ0) is 28.2. The minimum absolute atomic E-state index is 0.214. The smallest absolute Gasteiger partial charge is 0.258 e. The average molecular weight is 563 g/mol. The minimum atomic E-state index is -0.228. The molecule has 2 aliphatic rings. The molecule has 7 heteroatoms. The van der Waals surface area contributed by atoms with Gasteiger partial charge < -0.3 is 16.0 Å². The monoisotopic (exact) mass is 562 g/mol. The Morgan fingerprint density at radius 1 is 0.829 bits per heavy atom. The van der Waals surface area contributed by atoms with E-state index in [1.165, 1.54) is 18.4 Å². The fourth-order valence-corrected chi connectivity index (χ4v) is 5.62. The molecule has 206 valence electrons. The number of benzene rings is 4. The van der Waals surface area contributed by atoms with Crippen molar-refractivity contribution in [3.05, 3.63) is 130 Å². The first-order chi connectivity index (χ1) is 20.0. The highest BCUT2D eigenvalue weighted by molar-refractivity contribution is 6.37. The zero-order valence-corrected chi connectivity index (χ0v) is 23.4. The quantitative estimate of drug-likeness (QED) is 0.207. The molecule has 1 saturated heterocycles. The van der Waals surface area contributed by atoms with Crippen LogP contribution in [-0.2, 0) is 17.9 Å². The number of nitrogens with one attached hydrogen (secondary N) is 3. The van der Waals surface area contributed by atoms with Gasteiger partial charge in [0.25, 0.3) is 11.8 Å². The number of fused-ring (bicyclic) bond motifs is 1. The van der Waals surface area contributed by atoms with Gasteiger partial charge in [0, 0.05) is 40.6 Å². The Hall–Kier alpha value is -4.39. The summed E-state index contributed by atoms with van der Waals surface area (Å²) in [6.45, 7) is 3.60. The van der Waals surface area contributed by atoms with Crippen molar-refractivity contribution < 1.29 is 9.59 Å². The van der Waals surface area contributed by atoms with Gasteiger partial charge in [0.05, 0.1) is 11.3 Å². The Labute approximate surface area is 245 Å². The van der Waals surface area contributed by atoms with Crippen molar-refractivity contribution in [2.75, 3.05) is 23.7 Å². The number of hydrogen-bond donors (Lipinski definition) is 3. The van der Waals surface area contributed by atoms with E-state index in [1.54, 1.807) is 24.3 Å². The summed E-state index contributed by atoms with van der Waals surface area (Å²) in [6, 6.07) is 30.9. The van der Waals surface area contributed by atoms with Crippen molar-refractivity contribution in [2.45, 2.75) is 25.9 Å². The summed E-state index contributed by atoms with van der Waals surface area (Å²) in [4.78, 5) is 28.9. The molecule has 3 N–H and O–H groups in total. The van der Waals surface area contributed by atoms with E-state index >= 15 is 0 Å². The van der Waals surface area contributed by atoms with Crippen LogP contribution in [0.4, 0.5) is 11.4 Å². The fraction of sp³-hybridized carbons (Fsp3) is 0.176. The van der Waals surface area contributed by atoms with Crippen LogP contribution in [0.1, 0.15) is 45.5 Å². The molecule has 0 radical (unpaired) electrons. The van der Waals surface area contributed by atoms with Crippen molar-refractivity contribution in [1.82, 2.24) is 10.2 Å². The summed E-state index contributed by atoms with van der Waals surface area (Å²) in [5.41, 5.74) is 6.95. The van der Waals surface area contributed by atoms with Gasteiger partial charge in [-0.15, -0.1) is 0 Å². The van der Waals surface area contributed by atoms with E-state index < -0.39 is 0 Å². The first-order valence-electron chi connectivity index (χ1n) is 13.9. The van der Waals surface area contributed by atoms with Crippen LogP contribution in [0.25, 0.3) is 11.3 Å². The van der Waals surface area contributed by atoms with E-state index in [1.807, 2.05) is 48.5 Å². The van der Waals surface area contributed by atoms with Crippen LogP contribution in [0.3, 0.4) is 0 Å². The Kier molecular flexibility index (Phi) is 7.85. The van der Waals surface area contributed by atoms with Gasteiger partial charge >= 0.3 is 0 Å². The Morgan fingerprint density at radius 2 is 1.61 bits per heavy atom. The van der Waals surface area contributed by atoms with Crippen LogP contribution in [0, 0.1) is 0 Å². The summed E-state index contributed by atoms with van der Waals surface area (Å²) >= 11 is 6.09. The molecule has 0 spiro atoms. The lowest BCUT2D eigenvalue weighted by Crippen LogP contribution is -2.22. The number of anilines is 2. The zero-order valence-electron chi connectivity index (χ0n) is 22.6. The molecular weight excluding hydrogens is 532 g/mol. The largest absolute Gasteiger partial charge is 0.354 e. The topological polar surface area (TPSA) is 73.5 Å². The van der Waals surface area contributed by atoms with Gasteiger partial charge in [-0.25, -0.2) is 0 Å². The SMILES string of the molecule is O=C1Nc2ccc(C(=O)NCc3cccc(Cl)c3)cc2/C1=C(\Nc1ccc(CN2CCCC2)cc1)c1ccccc1. The van der Waals surface area contributed by atoms with Crippen molar-refractivity contribution in [1.29, 1.82) is 0 Å². The third kappa shape index (κ3) is 6.19. The second-order valence-electron chi connectivity index (χ2n) is 10.4. The Bertz CT molecular complexity index is 1610. The van der Waals surface area contributed by atoms with Gasteiger partial charge in [-0.3, -0.25) is 14.5 Å². The van der Waals surface area contributed by atoms with E-state index in [9.17, 15) is 9.59 Å². The van der Waals surface area contributed by atoms with Crippen molar-refractivity contribution in [3.8, 4) is 0 Å². The van der Waals surface area contributed by atoms with E-state index in [2.05, 4.69) is 45.1 Å². The summed E-state index contributed by atoms with van der Waals surface area (Å²) in [5.74, 6) is -0.442. The number of hydrogen-bond acceptors (Lipinski definition) is 4. The number of likely N-dealkylation sites (tertiary alicyclic amines) is 1. The van der Waals surface area contributed by atoms with Crippen LogP contribution < -0.4 is 16.0 Å². The molecule has 2 amide bonds. The molecule has 4 aromatic rings. The summed E-state index contributed by atoms with van der Waals surface area (Å²) < 4.78 is 0. The first-order valence-corrected chi connectivity index (χ1v) is 14.3. The van der Waals surface area contributed by atoms with Gasteiger partial charge in [0.1, 0.15) is 0 Å². The van der Waals surface area contributed by atoms with E-state index in [0.29, 0.717) is 39.7 Å². The molecule has 0 atom stereocenters. The molecule has 0 saturated carbocycles. The Morgan fingerprint density at radius 3 is 2.37 bits per heavy atom. The van der Waals surface area contributed by atoms with Crippen molar-refractivity contribution in [3.63, 3.8) is 0 Å². The maximum absolute atomic E-state index is 13.4. The van der Waals surface area contributed by atoms with Crippen LogP contribution in [-0.4, -0.2) is 29.8 Å². The third-order valence-electron chi connectivity index (χ3n) is 7.51. The maximum Gasteiger partial charge on any atom is 0.258 e. The van der Waals surface area contributed by atoms with E-state index in [0.717, 1.165) is 36.4 Å². The lowest BCUT2D eigenvalue weighted by atomic mass is 9.98. The predicted molar refractivity (Wildman–Crippen MR) is 166 cm³/mol. The highest BCUT2D eigenvalue weighted by atomic mass is 35.5. The molecule has 4 aromatic carbocycles. The third-order valence-corrected chi connectivity index (χ3v) is 7.74. The van der Waals surface area contributed by atoms with Gasteiger partial charge in [0.2, 0.25) is 0 Å². The standard InChI is InChI=1S/C34H31ClN4O2/c35-27-10-6-7-24(19-27)21-36-33(40)26-13-16-30-29(20-26)31(34(41)38-30)32(25-8-2-1-3-9-25)37-28-14-11-23(12-15-28)22-39-17-4-5-18-39/h1-3,6-16,19-20,37H,4-5,17-18,21-22H2,(H,36,40)(H,38,41)/b32-31+. The van der Waals surface area contributed by atoms with Crippen LogP contribution in [0.2, 0.25) is 5.02 Å². The molecule has 2 heterocycles. The van der Waals surface area contributed by atoms with Crippen molar-refractivity contribution >= 4 is 46.1 Å². The fourth-order valence-electron chi connectivity index (χ4n) is 5.41. The molecule has 0 aliphatic carbocycles. The first kappa shape index (κ1) is 26.8. The molecule has 6 nitrogen and oxygen atoms in total. The average Bonchev–Trinajstić information content (AvgIpc) is 3.62. The number of halogens is 1. The van der Waals surface area contributed by atoms with Crippen LogP contribution in [0.5, 0.6) is 0 Å². The number of carbonyl (C=O) groups excluding carboxylic acids is 2. The second-order valence-corrected chi connectivity index (χ2v) is 10.9. The molecule has 1 fully saturated rings. The lowest BCUT2D eigenvalue weighted by molar-refractivity contribution is -0.110. The molecule has 0 bridgehead atoms. The normalized spacial score (nSPS) is 15.8.